The van der Waals surface area contributed by atoms with E-state index in [0.717, 1.165) is 48.0 Å². The molecule has 2 aromatic rings. The number of aryl methyl sites for hydroxylation is 1. The Morgan fingerprint density at radius 3 is 2.91 bits per heavy atom. The van der Waals surface area contributed by atoms with E-state index >= 15 is 0 Å². The zero-order valence-corrected chi connectivity index (χ0v) is 13.6. The van der Waals surface area contributed by atoms with Crippen molar-refractivity contribution in [2.75, 3.05) is 5.73 Å². The Labute approximate surface area is 136 Å². The molecule has 1 fully saturated rings. The normalized spacial score (nSPS) is 21.1. The molecule has 0 radical (unpaired) electrons. The summed E-state index contributed by atoms with van der Waals surface area (Å²) in [6, 6.07) is 7.71. The fraction of sp³-hybridized carbons (Fsp3) is 0.444. The molecule has 1 amide bonds. The molecule has 1 aromatic carbocycles. The lowest BCUT2D eigenvalue weighted by Gasteiger charge is -2.32. The van der Waals surface area contributed by atoms with E-state index in [2.05, 4.69) is 10.3 Å². The van der Waals surface area contributed by atoms with Gasteiger partial charge in [0, 0.05) is 18.3 Å². The van der Waals surface area contributed by atoms with Gasteiger partial charge in [0.1, 0.15) is 11.9 Å². The lowest BCUT2D eigenvalue weighted by Crippen LogP contribution is -2.47. The number of nitrogens with zero attached hydrogens (tertiary/aromatic N) is 1. The van der Waals surface area contributed by atoms with Crippen LogP contribution in [0.5, 0.6) is 5.75 Å². The standard InChI is InChI=1S/C18H23N3O2/c1-11-10-13(19)18-15(20-11)7-5-9-17(18)23-16-8-4-3-6-14(16)21-12(2)22/h5,7,9-10,14,16H,3-4,6,8H2,1-2H3,(H2,19,20)(H,21,22). The molecule has 3 N–H and O–H groups in total. The molecule has 23 heavy (non-hydrogen) atoms. The quantitative estimate of drug-likeness (QED) is 0.913. The Bertz CT molecular complexity index is 730. The van der Waals surface area contributed by atoms with Crippen molar-refractivity contribution in [1.82, 2.24) is 10.3 Å². The maximum Gasteiger partial charge on any atom is 0.217 e. The number of nitrogens with two attached hydrogens (primary N) is 1. The summed E-state index contributed by atoms with van der Waals surface area (Å²) in [4.78, 5) is 15.9. The number of nitrogens with one attached hydrogen (secondary N) is 1. The first-order chi connectivity index (χ1) is 11.0. The van der Waals surface area contributed by atoms with Crippen molar-refractivity contribution >= 4 is 22.5 Å². The largest absolute Gasteiger partial charge is 0.488 e. The average molecular weight is 313 g/mol. The molecule has 2 unspecified atom stereocenters. The van der Waals surface area contributed by atoms with Gasteiger partial charge in [0.15, 0.2) is 0 Å². The number of benzene rings is 1. The van der Waals surface area contributed by atoms with Crippen molar-refractivity contribution in [2.24, 2.45) is 0 Å². The summed E-state index contributed by atoms with van der Waals surface area (Å²) >= 11 is 0. The number of fused-ring (bicyclic) bond motifs is 1. The van der Waals surface area contributed by atoms with E-state index in [1.807, 2.05) is 31.2 Å². The molecule has 0 saturated heterocycles. The Morgan fingerprint density at radius 2 is 2.13 bits per heavy atom. The van der Waals surface area contributed by atoms with Gasteiger partial charge in [-0.2, -0.15) is 0 Å². The molecule has 0 aliphatic heterocycles. The second-order valence-electron chi connectivity index (χ2n) is 6.25. The molecule has 122 valence electrons. The fourth-order valence-corrected chi connectivity index (χ4v) is 3.35. The predicted molar refractivity (Wildman–Crippen MR) is 91.4 cm³/mol. The van der Waals surface area contributed by atoms with E-state index in [4.69, 9.17) is 10.5 Å². The monoisotopic (exact) mass is 313 g/mol. The predicted octanol–water partition coefficient (Wildman–Crippen LogP) is 2.95. The van der Waals surface area contributed by atoms with Gasteiger partial charge in [0.2, 0.25) is 5.91 Å². The smallest absolute Gasteiger partial charge is 0.217 e. The lowest BCUT2D eigenvalue weighted by molar-refractivity contribution is -0.120. The Balaban J connectivity index is 1.92. The minimum Gasteiger partial charge on any atom is -0.488 e. The van der Waals surface area contributed by atoms with Gasteiger partial charge in [-0.05, 0) is 44.4 Å². The van der Waals surface area contributed by atoms with Crippen LogP contribution >= 0.6 is 0 Å². The van der Waals surface area contributed by atoms with Gasteiger partial charge in [0.25, 0.3) is 0 Å². The van der Waals surface area contributed by atoms with Crippen LogP contribution < -0.4 is 15.8 Å². The zero-order chi connectivity index (χ0) is 16.4. The van der Waals surface area contributed by atoms with Gasteiger partial charge < -0.3 is 15.8 Å². The molecule has 1 aromatic heterocycles. The molecule has 2 atom stereocenters. The van der Waals surface area contributed by atoms with E-state index in [0.29, 0.717) is 5.69 Å². The topological polar surface area (TPSA) is 77.2 Å². The third-order valence-electron chi connectivity index (χ3n) is 4.32. The number of hydrogen-bond acceptors (Lipinski definition) is 4. The number of hydrogen-bond donors (Lipinski definition) is 2. The van der Waals surface area contributed by atoms with Crippen LogP contribution in [-0.2, 0) is 4.79 Å². The SMILES string of the molecule is CC(=O)NC1CCCCC1Oc1cccc2nc(C)cc(N)c12. The second-order valence-corrected chi connectivity index (χ2v) is 6.25. The number of carbonyl (C=O) groups excluding carboxylic acids is 1. The third kappa shape index (κ3) is 3.38. The first-order valence-electron chi connectivity index (χ1n) is 8.14. The van der Waals surface area contributed by atoms with Gasteiger partial charge in [-0.3, -0.25) is 9.78 Å². The second kappa shape index (κ2) is 6.44. The van der Waals surface area contributed by atoms with Crippen LogP contribution in [0.15, 0.2) is 24.3 Å². The highest BCUT2D eigenvalue weighted by Crippen LogP contribution is 2.33. The molecule has 3 rings (SSSR count). The number of pyridine rings is 1. The fourth-order valence-electron chi connectivity index (χ4n) is 3.35. The van der Waals surface area contributed by atoms with E-state index in [1.54, 1.807) is 6.92 Å². The van der Waals surface area contributed by atoms with Crippen molar-refractivity contribution in [2.45, 2.75) is 51.7 Å². The van der Waals surface area contributed by atoms with Crippen LogP contribution in [0.25, 0.3) is 10.9 Å². The number of aromatic nitrogens is 1. The summed E-state index contributed by atoms with van der Waals surface area (Å²) in [6.07, 6.45) is 4.07. The van der Waals surface area contributed by atoms with E-state index in [1.165, 1.54) is 0 Å². The summed E-state index contributed by atoms with van der Waals surface area (Å²) in [5.74, 6) is 0.731. The molecule has 1 aliphatic rings. The van der Waals surface area contributed by atoms with Crippen molar-refractivity contribution < 1.29 is 9.53 Å². The Morgan fingerprint density at radius 1 is 1.35 bits per heavy atom. The lowest BCUT2D eigenvalue weighted by atomic mass is 9.92. The molecule has 5 heteroatoms. The van der Waals surface area contributed by atoms with Gasteiger partial charge in [-0.15, -0.1) is 0 Å². The zero-order valence-electron chi connectivity index (χ0n) is 13.6. The number of carbonyl (C=O) groups is 1. The molecule has 1 aliphatic carbocycles. The number of anilines is 1. The average Bonchev–Trinajstić information content (AvgIpc) is 2.48. The van der Waals surface area contributed by atoms with Crippen molar-refractivity contribution in [3.63, 3.8) is 0 Å². The van der Waals surface area contributed by atoms with Crippen molar-refractivity contribution in [3.8, 4) is 5.75 Å². The molecular formula is C18H23N3O2. The van der Waals surface area contributed by atoms with Crippen LogP contribution in [0, 0.1) is 6.92 Å². The van der Waals surface area contributed by atoms with Crippen LogP contribution in [-0.4, -0.2) is 23.0 Å². The summed E-state index contributed by atoms with van der Waals surface area (Å²) in [7, 11) is 0. The van der Waals surface area contributed by atoms with Crippen LogP contribution in [0.4, 0.5) is 5.69 Å². The number of ether oxygens (including phenoxy) is 1. The highest BCUT2D eigenvalue weighted by Gasteiger charge is 2.28. The molecule has 1 saturated carbocycles. The van der Waals surface area contributed by atoms with Gasteiger partial charge in [-0.25, -0.2) is 0 Å². The minimum atomic E-state index is -0.0287. The highest BCUT2D eigenvalue weighted by atomic mass is 16.5. The third-order valence-corrected chi connectivity index (χ3v) is 4.32. The van der Waals surface area contributed by atoms with Crippen LogP contribution in [0.3, 0.4) is 0 Å². The van der Waals surface area contributed by atoms with E-state index in [-0.39, 0.29) is 18.1 Å². The van der Waals surface area contributed by atoms with E-state index in [9.17, 15) is 4.79 Å². The molecule has 0 bridgehead atoms. The Kier molecular flexibility index (Phi) is 4.37. The van der Waals surface area contributed by atoms with Crippen LogP contribution in [0.2, 0.25) is 0 Å². The molecule has 0 spiro atoms. The summed E-state index contributed by atoms with van der Waals surface area (Å²) in [5, 5.41) is 3.87. The molecular weight excluding hydrogens is 290 g/mol. The van der Waals surface area contributed by atoms with Gasteiger partial charge >= 0.3 is 0 Å². The minimum absolute atomic E-state index is 0.0137. The number of rotatable bonds is 3. The summed E-state index contributed by atoms with van der Waals surface area (Å²) < 4.78 is 6.27. The number of nitrogen functional groups attached to an aromatic ring is 1. The highest BCUT2D eigenvalue weighted by molar-refractivity contribution is 5.95. The van der Waals surface area contributed by atoms with Crippen molar-refractivity contribution in [1.29, 1.82) is 0 Å². The van der Waals surface area contributed by atoms with E-state index < -0.39 is 0 Å². The maximum absolute atomic E-state index is 11.4. The first kappa shape index (κ1) is 15.6. The maximum atomic E-state index is 11.4. The molecule has 1 heterocycles. The summed E-state index contributed by atoms with van der Waals surface area (Å²) in [6.45, 7) is 3.48. The van der Waals surface area contributed by atoms with Gasteiger partial charge in [0.05, 0.1) is 16.9 Å². The van der Waals surface area contributed by atoms with Crippen LogP contribution in [0.1, 0.15) is 38.3 Å². The first-order valence-corrected chi connectivity index (χ1v) is 8.14. The number of amides is 1. The van der Waals surface area contributed by atoms with Gasteiger partial charge in [-0.1, -0.05) is 12.5 Å². The Hall–Kier alpha value is -2.30. The van der Waals surface area contributed by atoms with Crippen molar-refractivity contribution in [3.05, 3.63) is 30.0 Å². The molecule has 5 nitrogen and oxygen atoms in total. The summed E-state index contributed by atoms with van der Waals surface area (Å²) in [5.41, 5.74) is 8.59.